The highest BCUT2D eigenvalue weighted by Gasteiger charge is 2.33. The Morgan fingerprint density at radius 3 is 2.84 bits per heavy atom. The van der Waals surface area contributed by atoms with Crippen molar-refractivity contribution in [2.75, 3.05) is 19.6 Å². The molecule has 1 aromatic heterocycles. The van der Waals surface area contributed by atoms with Gasteiger partial charge < -0.3 is 9.88 Å². The van der Waals surface area contributed by atoms with E-state index < -0.39 is 0 Å². The van der Waals surface area contributed by atoms with Crippen LogP contribution >= 0.6 is 0 Å². The van der Waals surface area contributed by atoms with Crippen LogP contribution in [0, 0.1) is 0 Å². The standard InChI is InChI=1S/C15H28N4/c1-4-14-11-17-15(3,5-2)12-19(14)9-6-8-18-10-7-16-13-18/h7,10,13-14,17H,4-6,8-9,11-12H2,1-3H3. The third kappa shape index (κ3) is 3.80. The number of nitrogens with one attached hydrogen (secondary N) is 1. The molecule has 19 heavy (non-hydrogen) atoms. The molecule has 0 spiro atoms. The first kappa shape index (κ1) is 14.5. The van der Waals surface area contributed by atoms with Gasteiger partial charge in [0.15, 0.2) is 0 Å². The summed E-state index contributed by atoms with van der Waals surface area (Å²) in [5.41, 5.74) is 0.292. The van der Waals surface area contributed by atoms with E-state index in [1.807, 2.05) is 18.7 Å². The summed E-state index contributed by atoms with van der Waals surface area (Å²) >= 11 is 0. The average molecular weight is 264 g/mol. The van der Waals surface area contributed by atoms with E-state index in [1.165, 1.54) is 32.4 Å². The Kier molecular flexibility index (Phi) is 4.99. The first-order valence-electron chi connectivity index (χ1n) is 7.61. The van der Waals surface area contributed by atoms with E-state index in [2.05, 4.69) is 40.5 Å². The third-order valence-corrected chi connectivity index (χ3v) is 4.51. The van der Waals surface area contributed by atoms with E-state index >= 15 is 0 Å². The van der Waals surface area contributed by atoms with Gasteiger partial charge in [-0.1, -0.05) is 13.8 Å². The van der Waals surface area contributed by atoms with Crippen LogP contribution in [0.5, 0.6) is 0 Å². The molecule has 108 valence electrons. The largest absolute Gasteiger partial charge is 0.337 e. The first-order valence-corrected chi connectivity index (χ1v) is 7.61. The monoisotopic (exact) mass is 264 g/mol. The zero-order chi connectivity index (χ0) is 13.7. The van der Waals surface area contributed by atoms with Crippen molar-refractivity contribution in [2.24, 2.45) is 0 Å². The van der Waals surface area contributed by atoms with Crippen LogP contribution in [-0.4, -0.2) is 45.7 Å². The zero-order valence-electron chi connectivity index (χ0n) is 12.6. The lowest BCUT2D eigenvalue weighted by Gasteiger charge is -2.46. The van der Waals surface area contributed by atoms with Crippen LogP contribution in [0.2, 0.25) is 0 Å². The van der Waals surface area contributed by atoms with Crippen LogP contribution < -0.4 is 5.32 Å². The number of hydrogen-bond acceptors (Lipinski definition) is 3. The summed E-state index contributed by atoms with van der Waals surface area (Å²) in [4.78, 5) is 6.77. The molecule has 1 fully saturated rings. The molecule has 2 atom stereocenters. The fraction of sp³-hybridized carbons (Fsp3) is 0.800. The van der Waals surface area contributed by atoms with Gasteiger partial charge in [-0.05, 0) is 26.2 Å². The summed E-state index contributed by atoms with van der Waals surface area (Å²) in [6.07, 6.45) is 9.44. The Bertz CT molecular complexity index is 362. The normalized spacial score (nSPS) is 28.7. The van der Waals surface area contributed by atoms with Gasteiger partial charge in [0, 0.05) is 50.2 Å². The maximum Gasteiger partial charge on any atom is 0.0945 e. The van der Waals surface area contributed by atoms with Crippen LogP contribution in [-0.2, 0) is 6.54 Å². The van der Waals surface area contributed by atoms with Crippen molar-refractivity contribution < 1.29 is 0 Å². The molecule has 0 aromatic carbocycles. The fourth-order valence-corrected chi connectivity index (χ4v) is 2.90. The van der Waals surface area contributed by atoms with Gasteiger partial charge in [-0.3, -0.25) is 4.90 Å². The maximum atomic E-state index is 4.09. The summed E-state index contributed by atoms with van der Waals surface area (Å²) < 4.78 is 2.17. The lowest BCUT2D eigenvalue weighted by molar-refractivity contribution is 0.0799. The molecule has 0 amide bonds. The molecule has 0 saturated carbocycles. The second kappa shape index (κ2) is 6.53. The molecule has 1 N–H and O–H groups in total. The highest BCUT2D eigenvalue weighted by molar-refractivity contribution is 4.93. The highest BCUT2D eigenvalue weighted by Crippen LogP contribution is 2.20. The number of aryl methyl sites for hydroxylation is 1. The van der Waals surface area contributed by atoms with Gasteiger partial charge in [0.2, 0.25) is 0 Å². The average Bonchev–Trinajstić information content (AvgIpc) is 2.92. The molecule has 1 aliphatic heterocycles. The van der Waals surface area contributed by atoms with Crippen molar-refractivity contribution in [3.8, 4) is 0 Å². The van der Waals surface area contributed by atoms with Crippen LogP contribution in [0.15, 0.2) is 18.7 Å². The van der Waals surface area contributed by atoms with Gasteiger partial charge in [-0.25, -0.2) is 4.98 Å². The second-order valence-electron chi connectivity index (χ2n) is 5.98. The quantitative estimate of drug-likeness (QED) is 0.854. The first-order chi connectivity index (χ1) is 9.17. The number of aromatic nitrogens is 2. The molecule has 0 radical (unpaired) electrons. The van der Waals surface area contributed by atoms with Crippen molar-refractivity contribution in [1.29, 1.82) is 0 Å². The van der Waals surface area contributed by atoms with Crippen LogP contribution in [0.3, 0.4) is 0 Å². The fourth-order valence-electron chi connectivity index (χ4n) is 2.90. The summed E-state index contributed by atoms with van der Waals surface area (Å²) in [6.45, 7) is 11.5. The Morgan fingerprint density at radius 1 is 1.37 bits per heavy atom. The Labute approximate surface area is 117 Å². The molecule has 2 heterocycles. The molecule has 4 heteroatoms. The van der Waals surface area contributed by atoms with E-state index in [-0.39, 0.29) is 0 Å². The number of piperazine rings is 1. The van der Waals surface area contributed by atoms with E-state index in [4.69, 9.17) is 0 Å². The van der Waals surface area contributed by atoms with E-state index in [0.29, 0.717) is 11.6 Å². The molecule has 1 saturated heterocycles. The van der Waals surface area contributed by atoms with Gasteiger partial charge >= 0.3 is 0 Å². The number of hydrogen-bond donors (Lipinski definition) is 1. The van der Waals surface area contributed by atoms with E-state index in [9.17, 15) is 0 Å². The van der Waals surface area contributed by atoms with Gasteiger partial charge in [0.05, 0.1) is 6.33 Å². The Morgan fingerprint density at radius 2 is 2.21 bits per heavy atom. The Balaban J connectivity index is 1.84. The smallest absolute Gasteiger partial charge is 0.0945 e. The van der Waals surface area contributed by atoms with Crippen molar-refractivity contribution in [3.05, 3.63) is 18.7 Å². The Hall–Kier alpha value is -0.870. The minimum Gasteiger partial charge on any atom is -0.337 e. The minimum absolute atomic E-state index is 0.292. The molecule has 0 aliphatic carbocycles. The van der Waals surface area contributed by atoms with E-state index in [0.717, 1.165) is 13.1 Å². The maximum absolute atomic E-state index is 4.09. The van der Waals surface area contributed by atoms with Gasteiger partial charge in [-0.15, -0.1) is 0 Å². The molecule has 2 unspecified atom stereocenters. The van der Waals surface area contributed by atoms with Crippen molar-refractivity contribution in [2.45, 2.75) is 58.2 Å². The topological polar surface area (TPSA) is 33.1 Å². The minimum atomic E-state index is 0.292. The van der Waals surface area contributed by atoms with Crippen LogP contribution in [0.4, 0.5) is 0 Å². The van der Waals surface area contributed by atoms with Crippen molar-refractivity contribution >= 4 is 0 Å². The lowest BCUT2D eigenvalue weighted by atomic mass is 9.92. The van der Waals surface area contributed by atoms with Crippen molar-refractivity contribution in [1.82, 2.24) is 19.8 Å². The van der Waals surface area contributed by atoms with Crippen molar-refractivity contribution in [3.63, 3.8) is 0 Å². The third-order valence-electron chi connectivity index (χ3n) is 4.51. The summed E-state index contributed by atoms with van der Waals surface area (Å²) in [7, 11) is 0. The van der Waals surface area contributed by atoms with Gasteiger partial charge in [-0.2, -0.15) is 0 Å². The highest BCUT2D eigenvalue weighted by atomic mass is 15.2. The molecule has 2 rings (SSSR count). The molecule has 1 aromatic rings. The predicted molar refractivity (Wildman–Crippen MR) is 79.2 cm³/mol. The summed E-state index contributed by atoms with van der Waals surface area (Å²) in [5, 5.41) is 3.72. The number of nitrogens with zero attached hydrogens (tertiary/aromatic N) is 3. The SMILES string of the molecule is CCC1CNC(C)(CC)CN1CCCn1ccnc1. The number of imidazole rings is 1. The lowest BCUT2D eigenvalue weighted by Crippen LogP contribution is -2.62. The van der Waals surface area contributed by atoms with E-state index in [1.54, 1.807) is 0 Å². The van der Waals surface area contributed by atoms with Gasteiger partial charge in [0.25, 0.3) is 0 Å². The summed E-state index contributed by atoms with van der Waals surface area (Å²) in [5.74, 6) is 0. The molecule has 1 aliphatic rings. The van der Waals surface area contributed by atoms with Crippen LogP contribution in [0.1, 0.15) is 40.0 Å². The number of rotatable bonds is 6. The second-order valence-corrected chi connectivity index (χ2v) is 5.98. The molecule has 0 bridgehead atoms. The summed E-state index contributed by atoms with van der Waals surface area (Å²) in [6, 6.07) is 0.697. The molecular weight excluding hydrogens is 236 g/mol. The molecule has 4 nitrogen and oxygen atoms in total. The van der Waals surface area contributed by atoms with Crippen LogP contribution in [0.25, 0.3) is 0 Å². The zero-order valence-corrected chi connectivity index (χ0v) is 12.6. The molecular formula is C15H28N4. The predicted octanol–water partition coefficient (Wildman–Crippen LogP) is 2.13. The van der Waals surface area contributed by atoms with Gasteiger partial charge in [0.1, 0.15) is 0 Å².